The largest absolute Gasteiger partial charge is 0.339 e. The van der Waals surface area contributed by atoms with Crippen molar-refractivity contribution in [3.63, 3.8) is 0 Å². The molecular weight excluding hydrogens is 306 g/mol. The van der Waals surface area contributed by atoms with Crippen LogP contribution in [-0.4, -0.2) is 83.1 Å². The summed E-state index contributed by atoms with van der Waals surface area (Å²) in [5.74, 6) is 0.383. The van der Waals surface area contributed by atoms with Gasteiger partial charge in [0, 0.05) is 26.2 Å². The van der Waals surface area contributed by atoms with Crippen LogP contribution in [0.2, 0.25) is 0 Å². The van der Waals surface area contributed by atoms with Gasteiger partial charge in [0.15, 0.2) is 9.84 Å². The lowest BCUT2D eigenvalue weighted by atomic mass is 10.1. The van der Waals surface area contributed by atoms with E-state index in [4.69, 9.17) is 0 Å². The van der Waals surface area contributed by atoms with E-state index in [1.807, 2.05) is 14.5 Å². The number of aromatic nitrogens is 3. The van der Waals surface area contributed by atoms with Gasteiger partial charge in [-0.25, -0.2) is 18.1 Å². The molecule has 2 fully saturated rings. The molecule has 3 heterocycles. The maximum atomic E-state index is 12.4. The second kappa shape index (κ2) is 6.33. The van der Waals surface area contributed by atoms with Crippen molar-refractivity contribution < 1.29 is 13.2 Å². The van der Waals surface area contributed by atoms with E-state index in [9.17, 15) is 13.2 Å². The highest BCUT2D eigenvalue weighted by Crippen LogP contribution is 2.20. The van der Waals surface area contributed by atoms with Gasteiger partial charge in [-0.2, -0.15) is 5.10 Å². The predicted octanol–water partition coefficient (Wildman–Crippen LogP) is -0.828. The molecule has 2 saturated heterocycles. The average Bonchev–Trinajstić information content (AvgIpc) is 3.04. The lowest BCUT2D eigenvalue weighted by Crippen LogP contribution is -2.49. The van der Waals surface area contributed by atoms with Crippen LogP contribution in [0.5, 0.6) is 0 Å². The molecule has 0 radical (unpaired) electrons. The number of likely N-dealkylation sites (tertiary alicyclic amines) is 1. The molecule has 0 spiro atoms. The highest BCUT2D eigenvalue weighted by molar-refractivity contribution is 7.91. The molecule has 0 N–H and O–H groups in total. The quantitative estimate of drug-likeness (QED) is 0.720. The molecule has 1 aromatic rings. The number of carbonyl (C=O) groups is 1. The Balaban J connectivity index is 1.54. The van der Waals surface area contributed by atoms with Gasteiger partial charge in [-0.15, -0.1) is 0 Å². The Labute approximate surface area is 130 Å². The lowest BCUT2D eigenvalue weighted by molar-refractivity contribution is -0.134. The summed E-state index contributed by atoms with van der Waals surface area (Å²) in [5, 5.41) is 4.16. The molecule has 9 heteroatoms. The lowest BCUT2D eigenvalue weighted by Gasteiger charge is -2.34. The molecule has 0 saturated carbocycles. The summed E-state index contributed by atoms with van der Waals surface area (Å²) in [6, 6.07) is 0.182. The first kappa shape index (κ1) is 15.4. The number of carbonyl (C=O) groups excluding carboxylic acids is 1. The van der Waals surface area contributed by atoms with Gasteiger partial charge in [-0.1, -0.05) is 0 Å². The van der Waals surface area contributed by atoms with Crippen molar-refractivity contribution in [1.29, 1.82) is 0 Å². The fourth-order valence-corrected chi connectivity index (χ4v) is 4.28. The summed E-state index contributed by atoms with van der Waals surface area (Å²) in [6.07, 6.45) is 5.14. The second-order valence-corrected chi connectivity index (χ2v) is 8.24. The van der Waals surface area contributed by atoms with Gasteiger partial charge in [0.25, 0.3) is 0 Å². The predicted molar refractivity (Wildman–Crippen MR) is 80.0 cm³/mol. The molecule has 1 atom stereocenters. The zero-order chi connectivity index (χ0) is 15.6. The average molecular weight is 327 g/mol. The molecule has 122 valence electrons. The van der Waals surface area contributed by atoms with Gasteiger partial charge < -0.3 is 4.90 Å². The summed E-state index contributed by atoms with van der Waals surface area (Å²) in [6.45, 7) is 2.62. The monoisotopic (exact) mass is 327 g/mol. The molecule has 0 aromatic carbocycles. The Morgan fingerprint density at radius 2 is 2.00 bits per heavy atom. The first-order chi connectivity index (χ1) is 10.5. The van der Waals surface area contributed by atoms with Crippen LogP contribution in [0.25, 0.3) is 0 Å². The van der Waals surface area contributed by atoms with Gasteiger partial charge in [0.2, 0.25) is 5.91 Å². The van der Waals surface area contributed by atoms with Crippen LogP contribution in [0.4, 0.5) is 0 Å². The van der Waals surface area contributed by atoms with E-state index in [1.165, 1.54) is 6.33 Å². The minimum atomic E-state index is -2.90. The number of amides is 1. The molecule has 1 amide bonds. The molecule has 3 rings (SSSR count). The topological polar surface area (TPSA) is 88.4 Å². The molecular formula is C13H21N5O3S. The first-order valence-electron chi connectivity index (χ1n) is 7.58. The van der Waals surface area contributed by atoms with Crippen molar-refractivity contribution in [2.45, 2.75) is 18.9 Å². The minimum absolute atomic E-state index is 0.0733. The van der Waals surface area contributed by atoms with Crippen molar-refractivity contribution in [2.75, 3.05) is 44.2 Å². The Bertz CT molecular complexity index is 602. The number of rotatable bonds is 3. The third kappa shape index (κ3) is 3.64. The Morgan fingerprint density at radius 1 is 1.23 bits per heavy atom. The van der Waals surface area contributed by atoms with E-state index >= 15 is 0 Å². The number of nitrogens with zero attached hydrogens (tertiary/aromatic N) is 5. The third-order valence-corrected chi connectivity index (χ3v) is 5.97. The smallest absolute Gasteiger partial charge is 0.236 e. The van der Waals surface area contributed by atoms with Crippen LogP contribution in [-0.2, 0) is 14.6 Å². The zero-order valence-electron chi connectivity index (χ0n) is 12.5. The first-order valence-corrected chi connectivity index (χ1v) is 9.40. The molecule has 0 unspecified atom stereocenters. The maximum Gasteiger partial charge on any atom is 0.236 e. The molecule has 22 heavy (non-hydrogen) atoms. The maximum absolute atomic E-state index is 12.4. The van der Waals surface area contributed by atoms with Gasteiger partial charge in [0.1, 0.15) is 12.7 Å². The summed E-state index contributed by atoms with van der Waals surface area (Å²) < 4.78 is 24.7. The van der Waals surface area contributed by atoms with Crippen LogP contribution >= 0.6 is 0 Å². The van der Waals surface area contributed by atoms with Crippen molar-refractivity contribution in [2.24, 2.45) is 0 Å². The number of sulfone groups is 1. The summed E-state index contributed by atoms with van der Waals surface area (Å²) >= 11 is 0. The van der Waals surface area contributed by atoms with E-state index in [0.717, 1.165) is 19.4 Å². The van der Waals surface area contributed by atoms with E-state index < -0.39 is 9.84 Å². The van der Waals surface area contributed by atoms with Crippen LogP contribution in [0.3, 0.4) is 0 Å². The third-order valence-electron chi connectivity index (χ3n) is 4.36. The van der Waals surface area contributed by atoms with Crippen LogP contribution in [0, 0.1) is 0 Å². The van der Waals surface area contributed by atoms with Gasteiger partial charge in [-0.3, -0.25) is 9.69 Å². The Hall–Kier alpha value is -1.48. The standard InChI is InChI=1S/C13H21N5O3S/c19-13(9-16-4-6-22(20,21)7-5-16)17-3-1-2-12(8-17)18-11-14-10-15-18/h10-12H,1-9H2/t12-/m1/s1. The van der Waals surface area contributed by atoms with Crippen molar-refractivity contribution in [3.8, 4) is 0 Å². The van der Waals surface area contributed by atoms with Gasteiger partial charge in [0.05, 0.1) is 24.1 Å². The molecule has 2 aliphatic heterocycles. The number of hydrogen-bond acceptors (Lipinski definition) is 6. The van der Waals surface area contributed by atoms with Crippen LogP contribution < -0.4 is 0 Å². The van der Waals surface area contributed by atoms with E-state index in [1.54, 1.807) is 6.33 Å². The fourth-order valence-electron chi connectivity index (χ4n) is 3.00. The van der Waals surface area contributed by atoms with E-state index in [0.29, 0.717) is 26.2 Å². The van der Waals surface area contributed by atoms with Crippen LogP contribution in [0.1, 0.15) is 18.9 Å². The number of hydrogen-bond donors (Lipinski definition) is 0. The Kier molecular flexibility index (Phi) is 4.44. The second-order valence-electron chi connectivity index (χ2n) is 5.94. The zero-order valence-corrected chi connectivity index (χ0v) is 13.3. The van der Waals surface area contributed by atoms with E-state index in [-0.39, 0.29) is 23.5 Å². The van der Waals surface area contributed by atoms with Crippen molar-refractivity contribution in [3.05, 3.63) is 12.7 Å². The fraction of sp³-hybridized carbons (Fsp3) is 0.769. The minimum Gasteiger partial charge on any atom is -0.339 e. The normalized spacial score (nSPS) is 26.0. The van der Waals surface area contributed by atoms with Crippen LogP contribution in [0.15, 0.2) is 12.7 Å². The summed E-state index contributed by atoms with van der Waals surface area (Å²) in [4.78, 5) is 20.2. The van der Waals surface area contributed by atoms with Gasteiger partial charge in [-0.05, 0) is 12.8 Å². The highest BCUT2D eigenvalue weighted by Gasteiger charge is 2.28. The van der Waals surface area contributed by atoms with Gasteiger partial charge >= 0.3 is 0 Å². The summed E-state index contributed by atoms with van der Waals surface area (Å²) in [7, 11) is -2.90. The van der Waals surface area contributed by atoms with Crippen molar-refractivity contribution >= 4 is 15.7 Å². The van der Waals surface area contributed by atoms with Crippen molar-refractivity contribution in [1.82, 2.24) is 24.6 Å². The highest BCUT2D eigenvalue weighted by atomic mass is 32.2. The molecule has 0 bridgehead atoms. The molecule has 0 aliphatic carbocycles. The Morgan fingerprint density at radius 3 is 2.68 bits per heavy atom. The number of piperidine rings is 1. The molecule has 1 aromatic heterocycles. The van der Waals surface area contributed by atoms with E-state index in [2.05, 4.69) is 10.1 Å². The molecule has 8 nitrogen and oxygen atoms in total. The summed E-state index contributed by atoms with van der Waals surface area (Å²) in [5.41, 5.74) is 0. The molecule has 2 aliphatic rings. The SMILES string of the molecule is O=C(CN1CCS(=O)(=O)CC1)N1CCC[C@@H](n2cncn2)C1.